The fraction of sp³-hybridized carbons (Fsp3) is 0.219. The lowest BCUT2D eigenvalue weighted by Crippen LogP contribution is -2.19. The van der Waals surface area contributed by atoms with Crippen LogP contribution in [0.15, 0.2) is 73.2 Å². The zero-order valence-corrected chi connectivity index (χ0v) is 22.1. The standard InChI is InChI=1S/C32H28FN5O2/c1-39-24-11-19(10-22(33)14-24)26-8-5-9-29-27(26)15-30(36-29)31-28-13-21(17-35-32(28)38-37-31)20-12-25(18-34-16-20)40-23-6-3-2-4-7-23/h5,8-18,23,36H,2-4,6-7H2,1H3,(H,35,37,38). The molecule has 0 saturated heterocycles. The van der Waals surface area contributed by atoms with Gasteiger partial charge in [-0.1, -0.05) is 18.6 Å². The molecule has 6 aromatic rings. The van der Waals surface area contributed by atoms with Gasteiger partial charge in [0, 0.05) is 45.9 Å². The van der Waals surface area contributed by atoms with Crippen LogP contribution in [0.1, 0.15) is 32.1 Å². The highest BCUT2D eigenvalue weighted by molar-refractivity contribution is 6.01. The molecule has 0 amide bonds. The first-order valence-electron chi connectivity index (χ1n) is 13.6. The molecule has 8 heteroatoms. The summed E-state index contributed by atoms with van der Waals surface area (Å²) >= 11 is 0. The van der Waals surface area contributed by atoms with Gasteiger partial charge in [0.15, 0.2) is 5.65 Å². The van der Waals surface area contributed by atoms with E-state index in [4.69, 9.17) is 9.47 Å². The predicted molar refractivity (Wildman–Crippen MR) is 154 cm³/mol. The number of H-pyrrole nitrogens is 2. The Kier molecular flexibility index (Phi) is 6.15. The van der Waals surface area contributed by atoms with Gasteiger partial charge < -0.3 is 14.5 Å². The molecule has 0 radical (unpaired) electrons. The molecule has 4 aromatic heterocycles. The summed E-state index contributed by atoms with van der Waals surface area (Å²) in [5.74, 6) is 0.915. The number of nitrogens with one attached hydrogen (secondary N) is 2. The van der Waals surface area contributed by atoms with Gasteiger partial charge >= 0.3 is 0 Å². The molecule has 2 N–H and O–H groups in total. The first-order chi connectivity index (χ1) is 19.6. The predicted octanol–water partition coefficient (Wildman–Crippen LogP) is 7.69. The van der Waals surface area contributed by atoms with Gasteiger partial charge in [0.1, 0.15) is 23.0 Å². The van der Waals surface area contributed by atoms with Crippen LogP contribution in [0.3, 0.4) is 0 Å². The molecule has 2 aromatic carbocycles. The summed E-state index contributed by atoms with van der Waals surface area (Å²) in [6, 6.07) is 16.8. The van der Waals surface area contributed by atoms with Gasteiger partial charge in [-0.15, -0.1) is 0 Å². The number of nitrogens with zero attached hydrogens (tertiary/aromatic N) is 3. The van der Waals surface area contributed by atoms with Crippen LogP contribution < -0.4 is 9.47 Å². The Morgan fingerprint density at radius 2 is 1.70 bits per heavy atom. The monoisotopic (exact) mass is 533 g/mol. The van der Waals surface area contributed by atoms with Crippen molar-refractivity contribution in [2.24, 2.45) is 0 Å². The Hall–Kier alpha value is -4.72. The van der Waals surface area contributed by atoms with E-state index in [1.807, 2.05) is 48.8 Å². The van der Waals surface area contributed by atoms with E-state index in [9.17, 15) is 4.39 Å². The van der Waals surface area contributed by atoms with Gasteiger partial charge in [0.25, 0.3) is 0 Å². The van der Waals surface area contributed by atoms with Crippen molar-refractivity contribution in [3.63, 3.8) is 0 Å². The molecule has 0 aliphatic heterocycles. The summed E-state index contributed by atoms with van der Waals surface area (Å²) in [7, 11) is 1.54. The average Bonchev–Trinajstić information content (AvgIpc) is 3.61. The van der Waals surface area contributed by atoms with E-state index < -0.39 is 0 Å². The van der Waals surface area contributed by atoms with Crippen molar-refractivity contribution in [1.29, 1.82) is 0 Å². The molecule has 0 bridgehead atoms. The Labute approximate surface area is 230 Å². The molecule has 7 nitrogen and oxygen atoms in total. The number of fused-ring (bicyclic) bond motifs is 2. The molecule has 0 spiro atoms. The maximum Gasteiger partial charge on any atom is 0.155 e. The van der Waals surface area contributed by atoms with Crippen LogP contribution in [-0.2, 0) is 0 Å². The van der Waals surface area contributed by atoms with Crippen molar-refractivity contribution >= 4 is 21.9 Å². The van der Waals surface area contributed by atoms with Gasteiger partial charge in [0.05, 0.1) is 25.1 Å². The van der Waals surface area contributed by atoms with E-state index >= 15 is 0 Å². The lowest BCUT2D eigenvalue weighted by Gasteiger charge is -2.23. The zero-order chi connectivity index (χ0) is 27.1. The van der Waals surface area contributed by atoms with Crippen LogP contribution >= 0.6 is 0 Å². The number of benzene rings is 2. The number of ether oxygens (including phenoxy) is 2. The molecule has 1 aliphatic rings. The fourth-order valence-electron chi connectivity index (χ4n) is 5.65. The Morgan fingerprint density at radius 3 is 2.58 bits per heavy atom. The second-order valence-electron chi connectivity index (χ2n) is 10.3. The SMILES string of the molecule is COc1cc(F)cc(-c2cccc3[nH]c(-c4n[nH]c5ncc(-c6cncc(OC7CCCCC7)c6)cc45)cc23)c1. The normalized spacial score (nSPS) is 14.2. The minimum atomic E-state index is -0.346. The average molecular weight is 534 g/mol. The number of aromatic amines is 2. The Bertz CT molecular complexity index is 1840. The lowest BCUT2D eigenvalue weighted by atomic mass is 9.98. The minimum absolute atomic E-state index is 0.257. The second kappa shape index (κ2) is 10.1. The first-order valence-corrected chi connectivity index (χ1v) is 13.6. The van der Waals surface area contributed by atoms with Crippen LogP contribution in [-0.4, -0.2) is 38.4 Å². The van der Waals surface area contributed by atoms with Crippen molar-refractivity contribution in [2.75, 3.05) is 7.11 Å². The van der Waals surface area contributed by atoms with E-state index in [2.05, 4.69) is 31.2 Å². The number of rotatable bonds is 6. The minimum Gasteiger partial charge on any atom is -0.497 e. The summed E-state index contributed by atoms with van der Waals surface area (Å²) in [6.07, 6.45) is 11.6. The van der Waals surface area contributed by atoms with Crippen LogP contribution in [0, 0.1) is 5.82 Å². The van der Waals surface area contributed by atoms with Gasteiger partial charge in [-0.25, -0.2) is 9.37 Å². The first kappa shape index (κ1) is 24.3. The number of aromatic nitrogens is 5. The lowest BCUT2D eigenvalue weighted by molar-refractivity contribution is 0.154. The van der Waals surface area contributed by atoms with Crippen molar-refractivity contribution in [1.82, 2.24) is 25.1 Å². The van der Waals surface area contributed by atoms with E-state index in [-0.39, 0.29) is 11.9 Å². The van der Waals surface area contributed by atoms with Crippen LogP contribution in [0.2, 0.25) is 0 Å². The van der Waals surface area contributed by atoms with Crippen LogP contribution in [0.25, 0.3) is 55.6 Å². The van der Waals surface area contributed by atoms with Gasteiger partial charge in [-0.2, -0.15) is 5.10 Å². The molecule has 1 aliphatic carbocycles. The van der Waals surface area contributed by atoms with Crippen molar-refractivity contribution in [3.05, 3.63) is 79.0 Å². The van der Waals surface area contributed by atoms with Gasteiger partial charge in [0.2, 0.25) is 0 Å². The molecular weight excluding hydrogens is 505 g/mol. The number of hydrogen-bond acceptors (Lipinski definition) is 5. The van der Waals surface area contributed by atoms with Crippen molar-refractivity contribution < 1.29 is 13.9 Å². The Morgan fingerprint density at radius 1 is 0.850 bits per heavy atom. The quantitative estimate of drug-likeness (QED) is 0.229. The fourth-order valence-corrected chi connectivity index (χ4v) is 5.65. The highest BCUT2D eigenvalue weighted by Crippen LogP contribution is 2.36. The summed E-state index contributed by atoms with van der Waals surface area (Å²) in [5.41, 5.74) is 6.72. The molecular formula is C32H28FN5O2. The number of hydrogen-bond donors (Lipinski definition) is 2. The Balaban J connectivity index is 1.26. The molecule has 7 rings (SSSR count). The number of halogens is 1. The molecule has 1 saturated carbocycles. The van der Waals surface area contributed by atoms with E-state index in [1.54, 1.807) is 6.20 Å². The molecule has 0 atom stereocenters. The third kappa shape index (κ3) is 4.55. The van der Waals surface area contributed by atoms with Gasteiger partial charge in [-0.3, -0.25) is 10.1 Å². The van der Waals surface area contributed by atoms with Gasteiger partial charge in [-0.05, 0) is 73.2 Å². The summed E-state index contributed by atoms with van der Waals surface area (Å²) in [4.78, 5) is 12.6. The molecule has 1 fully saturated rings. The smallest absolute Gasteiger partial charge is 0.155 e. The van der Waals surface area contributed by atoms with Crippen LogP contribution in [0.4, 0.5) is 4.39 Å². The second-order valence-corrected chi connectivity index (χ2v) is 10.3. The van der Waals surface area contributed by atoms with Crippen molar-refractivity contribution in [3.8, 4) is 45.1 Å². The zero-order valence-electron chi connectivity index (χ0n) is 22.1. The van der Waals surface area contributed by atoms with Crippen molar-refractivity contribution in [2.45, 2.75) is 38.2 Å². The summed E-state index contributed by atoms with van der Waals surface area (Å²) in [6.45, 7) is 0. The molecule has 200 valence electrons. The number of methoxy groups -OCH3 is 1. The third-order valence-electron chi connectivity index (χ3n) is 7.66. The maximum absolute atomic E-state index is 14.3. The van der Waals surface area contributed by atoms with E-state index in [0.717, 1.165) is 68.5 Å². The summed E-state index contributed by atoms with van der Waals surface area (Å²) < 4.78 is 25.8. The topological polar surface area (TPSA) is 88.7 Å². The van der Waals surface area contributed by atoms with E-state index in [1.165, 1.54) is 38.5 Å². The molecule has 0 unspecified atom stereocenters. The maximum atomic E-state index is 14.3. The van der Waals surface area contributed by atoms with Crippen LogP contribution in [0.5, 0.6) is 11.5 Å². The largest absolute Gasteiger partial charge is 0.497 e. The third-order valence-corrected chi connectivity index (χ3v) is 7.66. The molecule has 4 heterocycles. The molecule has 40 heavy (non-hydrogen) atoms. The van der Waals surface area contributed by atoms with E-state index in [0.29, 0.717) is 11.4 Å². The summed E-state index contributed by atoms with van der Waals surface area (Å²) in [5, 5.41) is 9.50. The highest BCUT2D eigenvalue weighted by Gasteiger charge is 2.17. The number of pyridine rings is 2. The highest BCUT2D eigenvalue weighted by atomic mass is 19.1.